The molecule has 5 rings (SSSR count). The van der Waals surface area contributed by atoms with Gasteiger partial charge in [0.05, 0.1) is 50.2 Å². The number of alkyl carbamates (subject to hydrolysis) is 2. The third-order valence-corrected chi connectivity index (χ3v) is 8.21. The highest BCUT2D eigenvalue weighted by Crippen LogP contribution is 2.25. The van der Waals surface area contributed by atoms with Crippen LogP contribution in [0, 0.1) is 11.8 Å². The Morgan fingerprint density at radius 1 is 0.750 bits per heavy atom. The second-order valence-electron chi connectivity index (χ2n) is 12.0. The van der Waals surface area contributed by atoms with Crippen molar-refractivity contribution in [2.75, 3.05) is 40.4 Å². The SMILES string of the molecule is CCCN(Cc1ncc(-c2ccc(C#Cc3ccc4c(ccc5nc(CN(CCC)C(=O)CNC(=O)OC)[nH]c54)c3)cc2)[nH]1)C(=O)CNC(=O)OC. The Balaban J connectivity index is 1.24. The first-order valence-corrected chi connectivity index (χ1v) is 17.0. The average molecular weight is 707 g/mol. The number of aromatic amines is 2. The van der Waals surface area contributed by atoms with E-state index in [1.54, 1.807) is 16.0 Å². The lowest BCUT2D eigenvalue weighted by atomic mass is 10.1. The maximum atomic E-state index is 12.8. The van der Waals surface area contributed by atoms with E-state index in [-0.39, 0.29) is 38.0 Å². The number of hydrogen-bond donors (Lipinski definition) is 4. The Bertz CT molecular complexity index is 2110. The summed E-state index contributed by atoms with van der Waals surface area (Å²) in [4.78, 5) is 67.4. The average Bonchev–Trinajstić information content (AvgIpc) is 3.81. The molecule has 52 heavy (non-hydrogen) atoms. The van der Waals surface area contributed by atoms with Gasteiger partial charge in [0.15, 0.2) is 0 Å². The van der Waals surface area contributed by atoms with Crippen LogP contribution in [-0.4, -0.2) is 94.1 Å². The first-order chi connectivity index (χ1) is 25.2. The van der Waals surface area contributed by atoms with Crippen LogP contribution in [0.25, 0.3) is 33.1 Å². The highest BCUT2D eigenvalue weighted by atomic mass is 16.5. The molecule has 0 aliphatic rings. The Labute approximate surface area is 301 Å². The summed E-state index contributed by atoms with van der Waals surface area (Å²) in [5.41, 5.74) is 5.12. The fraction of sp³-hybridized carbons (Fsp3) is 0.316. The molecule has 2 aromatic heterocycles. The predicted molar refractivity (Wildman–Crippen MR) is 196 cm³/mol. The standard InChI is InChI=1S/C38H42N8O6/c1-5-17-45(34(47)21-40-37(49)51-3)23-32-39-20-31(43-32)27-12-9-25(10-13-27)7-8-26-11-15-29-28(19-26)14-16-30-36(29)44-33(42-30)24-46(18-6-2)35(48)22-41-38(50)52-4/h9-16,19-20H,5-6,17-18,21-24H2,1-4H3,(H,39,43)(H,40,49)(H,41,50)(H,42,44). The number of nitrogens with one attached hydrogen (secondary N) is 4. The van der Waals surface area contributed by atoms with Crippen LogP contribution in [0.3, 0.4) is 0 Å². The van der Waals surface area contributed by atoms with E-state index in [1.807, 2.05) is 68.4 Å². The summed E-state index contributed by atoms with van der Waals surface area (Å²) < 4.78 is 9.12. The number of aromatic nitrogens is 4. The van der Waals surface area contributed by atoms with Gasteiger partial charge in [-0.15, -0.1) is 0 Å². The lowest BCUT2D eigenvalue weighted by molar-refractivity contribution is -0.131. The van der Waals surface area contributed by atoms with E-state index in [4.69, 9.17) is 4.98 Å². The van der Waals surface area contributed by atoms with E-state index >= 15 is 0 Å². The van der Waals surface area contributed by atoms with E-state index in [1.165, 1.54) is 14.2 Å². The summed E-state index contributed by atoms with van der Waals surface area (Å²) >= 11 is 0. The quantitative estimate of drug-likeness (QED) is 0.128. The number of amides is 4. The van der Waals surface area contributed by atoms with Crippen molar-refractivity contribution >= 4 is 45.8 Å². The van der Waals surface area contributed by atoms with Crippen LogP contribution in [-0.2, 0) is 32.2 Å². The lowest BCUT2D eigenvalue weighted by Crippen LogP contribution is -2.40. The third-order valence-electron chi connectivity index (χ3n) is 8.21. The molecule has 14 heteroatoms. The minimum absolute atomic E-state index is 0.153. The fourth-order valence-corrected chi connectivity index (χ4v) is 5.63. The normalized spacial score (nSPS) is 10.7. The van der Waals surface area contributed by atoms with Gasteiger partial charge in [0.25, 0.3) is 0 Å². The molecule has 0 bridgehead atoms. The first kappa shape index (κ1) is 36.9. The van der Waals surface area contributed by atoms with E-state index in [0.29, 0.717) is 24.7 Å². The molecule has 0 saturated carbocycles. The summed E-state index contributed by atoms with van der Waals surface area (Å²) in [6.45, 7) is 5.28. The van der Waals surface area contributed by atoms with Crippen molar-refractivity contribution in [1.82, 2.24) is 40.4 Å². The molecule has 0 aliphatic carbocycles. The molecule has 0 radical (unpaired) electrons. The number of fused-ring (bicyclic) bond motifs is 3. The highest BCUT2D eigenvalue weighted by Gasteiger charge is 2.18. The predicted octanol–water partition coefficient (Wildman–Crippen LogP) is 4.70. The molecule has 5 aromatic rings. The maximum Gasteiger partial charge on any atom is 0.407 e. The van der Waals surface area contributed by atoms with Gasteiger partial charge in [-0.3, -0.25) is 9.59 Å². The van der Waals surface area contributed by atoms with Gasteiger partial charge in [0, 0.05) is 29.6 Å². The summed E-state index contributed by atoms with van der Waals surface area (Å²) in [5.74, 6) is 7.34. The van der Waals surface area contributed by atoms with Crippen molar-refractivity contribution in [3.8, 4) is 23.1 Å². The Morgan fingerprint density at radius 2 is 1.35 bits per heavy atom. The van der Waals surface area contributed by atoms with Gasteiger partial charge >= 0.3 is 12.2 Å². The first-order valence-electron chi connectivity index (χ1n) is 17.0. The molecule has 270 valence electrons. The van der Waals surface area contributed by atoms with E-state index < -0.39 is 12.2 Å². The van der Waals surface area contributed by atoms with Crippen molar-refractivity contribution < 1.29 is 28.7 Å². The van der Waals surface area contributed by atoms with Gasteiger partial charge < -0.3 is 39.9 Å². The number of nitrogens with zero attached hydrogens (tertiary/aromatic N) is 4. The Morgan fingerprint density at radius 3 is 1.96 bits per heavy atom. The molecule has 0 aliphatic heterocycles. The van der Waals surface area contributed by atoms with Crippen LogP contribution in [0.5, 0.6) is 0 Å². The van der Waals surface area contributed by atoms with Crippen LogP contribution in [0.1, 0.15) is 49.5 Å². The smallest absolute Gasteiger partial charge is 0.407 e. The van der Waals surface area contributed by atoms with E-state index in [0.717, 1.165) is 57.0 Å². The van der Waals surface area contributed by atoms with Crippen LogP contribution >= 0.6 is 0 Å². The summed E-state index contributed by atoms with van der Waals surface area (Å²) in [6, 6.07) is 17.8. The molecule has 2 heterocycles. The van der Waals surface area contributed by atoms with Crippen LogP contribution in [0.4, 0.5) is 9.59 Å². The van der Waals surface area contributed by atoms with Gasteiger partial charge in [-0.1, -0.05) is 50.0 Å². The molecule has 4 N–H and O–H groups in total. The van der Waals surface area contributed by atoms with Gasteiger partial charge in [0.2, 0.25) is 11.8 Å². The second-order valence-corrected chi connectivity index (χ2v) is 12.0. The zero-order chi connectivity index (χ0) is 37.0. The topological polar surface area (TPSA) is 175 Å². The van der Waals surface area contributed by atoms with Gasteiger partial charge in [-0.05, 0) is 54.1 Å². The van der Waals surface area contributed by atoms with Crippen LogP contribution in [0.2, 0.25) is 0 Å². The monoisotopic (exact) mass is 706 g/mol. The molecule has 0 spiro atoms. The van der Waals surface area contributed by atoms with E-state index in [2.05, 4.69) is 46.9 Å². The zero-order valence-corrected chi connectivity index (χ0v) is 29.7. The van der Waals surface area contributed by atoms with Crippen molar-refractivity contribution in [1.29, 1.82) is 0 Å². The fourth-order valence-electron chi connectivity index (χ4n) is 5.63. The summed E-state index contributed by atoms with van der Waals surface area (Å²) in [5, 5.41) is 6.86. The lowest BCUT2D eigenvalue weighted by Gasteiger charge is -2.21. The summed E-state index contributed by atoms with van der Waals surface area (Å²) in [7, 11) is 2.51. The van der Waals surface area contributed by atoms with Crippen molar-refractivity contribution in [2.24, 2.45) is 0 Å². The van der Waals surface area contributed by atoms with Gasteiger partial charge in [0.1, 0.15) is 24.7 Å². The number of benzene rings is 3. The molecule has 14 nitrogen and oxygen atoms in total. The maximum absolute atomic E-state index is 12.8. The molecular formula is C38H42N8O6. The molecule has 0 fully saturated rings. The second kappa shape index (κ2) is 17.5. The molecule has 3 aromatic carbocycles. The number of imidazole rings is 2. The highest BCUT2D eigenvalue weighted by molar-refractivity contribution is 6.04. The number of hydrogen-bond acceptors (Lipinski definition) is 8. The molecule has 4 amide bonds. The molecular weight excluding hydrogens is 664 g/mol. The Kier molecular flexibility index (Phi) is 12.4. The number of rotatable bonds is 13. The number of carbonyl (C=O) groups is 4. The summed E-state index contributed by atoms with van der Waals surface area (Å²) in [6.07, 6.45) is 1.95. The zero-order valence-electron chi connectivity index (χ0n) is 29.7. The number of H-pyrrole nitrogens is 2. The van der Waals surface area contributed by atoms with Crippen LogP contribution < -0.4 is 10.6 Å². The minimum Gasteiger partial charge on any atom is -0.453 e. The minimum atomic E-state index is -0.655. The van der Waals surface area contributed by atoms with E-state index in [9.17, 15) is 19.2 Å². The Hall–Kier alpha value is -6.36. The van der Waals surface area contributed by atoms with Gasteiger partial charge in [-0.25, -0.2) is 19.6 Å². The van der Waals surface area contributed by atoms with Crippen molar-refractivity contribution in [3.05, 3.63) is 83.6 Å². The van der Waals surface area contributed by atoms with Crippen molar-refractivity contribution in [3.63, 3.8) is 0 Å². The molecule has 0 saturated heterocycles. The largest absolute Gasteiger partial charge is 0.453 e. The molecule has 0 atom stereocenters. The number of ether oxygens (including phenoxy) is 2. The third kappa shape index (κ3) is 9.45. The van der Waals surface area contributed by atoms with Gasteiger partial charge in [-0.2, -0.15) is 0 Å². The number of carbonyl (C=O) groups excluding carboxylic acids is 4. The van der Waals surface area contributed by atoms with Crippen LogP contribution in [0.15, 0.2) is 60.8 Å². The number of methoxy groups -OCH3 is 2. The molecule has 0 unspecified atom stereocenters. The van der Waals surface area contributed by atoms with Crippen molar-refractivity contribution in [2.45, 2.75) is 39.8 Å².